The first-order valence-electron chi connectivity index (χ1n) is 5.59. The van der Waals surface area contributed by atoms with Gasteiger partial charge in [-0.25, -0.2) is 0 Å². The van der Waals surface area contributed by atoms with Crippen LogP contribution >= 0.6 is 7.37 Å². The molecule has 4 heteroatoms. The molecule has 0 spiro atoms. The van der Waals surface area contributed by atoms with E-state index >= 15 is 0 Å². The Labute approximate surface area is 92.6 Å². The first-order chi connectivity index (χ1) is 6.88. The summed E-state index contributed by atoms with van der Waals surface area (Å²) in [5.41, 5.74) is 1.52. The molecular weight excluding hydrogens is 209 g/mol. The Hall–Kier alpha value is -0.110. The average molecular weight is 231 g/mol. The summed E-state index contributed by atoms with van der Waals surface area (Å²) in [4.78, 5) is 11.5. The number of rotatable bonds is 4. The molecule has 1 rings (SSSR count). The van der Waals surface area contributed by atoms with Gasteiger partial charge < -0.3 is 4.89 Å². The smallest absolute Gasteiger partial charge is 0.198 e. The van der Waals surface area contributed by atoms with Crippen LogP contribution in [0.3, 0.4) is 0 Å². The lowest BCUT2D eigenvalue weighted by Crippen LogP contribution is -2.32. The van der Waals surface area contributed by atoms with Gasteiger partial charge in [0.1, 0.15) is 0 Å². The molecule has 0 aromatic rings. The van der Waals surface area contributed by atoms with Crippen molar-refractivity contribution in [3.8, 4) is 0 Å². The van der Waals surface area contributed by atoms with Gasteiger partial charge in [-0.3, -0.25) is 9.46 Å². The summed E-state index contributed by atoms with van der Waals surface area (Å²) in [5, 5.41) is 0. The molecule has 0 amide bonds. The van der Waals surface area contributed by atoms with E-state index in [9.17, 15) is 9.46 Å². The van der Waals surface area contributed by atoms with Crippen molar-refractivity contribution >= 4 is 7.37 Å². The molecule has 88 valence electrons. The highest BCUT2D eigenvalue weighted by atomic mass is 31.2. The van der Waals surface area contributed by atoms with Gasteiger partial charge in [-0.2, -0.15) is 0 Å². The van der Waals surface area contributed by atoms with Crippen molar-refractivity contribution in [1.82, 2.24) is 4.90 Å². The quantitative estimate of drug-likeness (QED) is 0.595. The largest absolute Gasteiger partial charge is 0.344 e. The van der Waals surface area contributed by atoms with Crippen molar-refractivity contribution in [3.05, 3.63) is 11.6 Å². The minimum Gasteiger partial charge on any atom is -0.344 e. The Morgan fingerprint density at radius 3 is 2.67 bits per heavy atom. The summed E-state index contributed by atoms with van der Waals surface area (Å²) in [6.07, 6.45) is 3.79. The van der Waals surface area contributed by atoms with Gasteiger partial charge in [0.25, 0.3) is 0 Å². The van der Waals surface area contributed by atoms with Crippen LogP contribution in [0.15, 0.2) is 11.6 Å². The maximum Gasteiger partial charge on any atom is 0.198 e. The van der Waals surface area contributed by atoms with Crippen LogP contribution in [0.1, 0.15) is 20.3 Å². The maximum absolute atomic E-state index is 11.1. The summed E-state index contributed by atoms with van der Waals surface area (Å²) >= 11 is 0. The average Bonchev–Trinajstić information content (AvgIpc) is 2.14. The molecule has 15 heavy (non-hydrogen) atoms. The minimum atomic E-state index is -2.83. The monoisotopic (exact) mass is 231 g/mol. The van der Waals surface area contributed by atoms with Crippen LogP contribution in [0, 0.1) is 5.92 Å². The molecule has 0 aromatic heterocycles. The molecule has 1 unspecified atom stereocenters. The van der Waals surface area contributed by atoms with E-state index in [1.165, 1.54) is 12.2 Å². The van der Waals surface area contributed by atoms with Crippen LogP contribution in [0.25, 0.3) is 0 Å². The Kier molecular flexibility index (Phi) is 4.57. The van der Waals surface area contributed by atoms with Gasteiger partial charge in [0.2, 0.25) is 0 Å². The zero-order valence-corrected chi connectivity index (χ0v) is 10.8. The molecule has 1 aliphatic heterocycles. The van der Waals surface area contributed by atoms with Crippen molar-refractivity contribution in [1.29, 1.82) is 0 Å². The summed E-state index contributed by atoms with van der Waals surface area (Å²) < 4.78 is 11.1. The van der Waals surface area contributed by atoms with Crippen molar-refractivity contribution in [2.75, 3.05) is 32.5 Å². The standard InChI is InChI=1S/C11H22NO2P/c1-10(2)11-4-6-12(7-5-11)8-9-15(3,13)14/h4,10H,5-9H2,1-3H3,(H,13,14). The SMILES string of the molecule is CC(C)C1=CCN(CCP(C)(=O)O)CC1. The lowest BCUT2D eigenvalue weighted by molar-refractivity contribution is 0.302. The second-order valence-corrected chi connectivity index (χ2v) is 7.31. The first kappa shape index (κ1) is 13.0. The van der Waals surface area contributed by atoms with E-state index in [2.05, 4.69) is 24.8 Å². The van der Waals surface area contributed by atoms with Gasteiger partial charge in [0, 0.05) is 32.5 Å². The first-order valence-corrected chi connectivity index (χ1v) is 7.88. The van der Waals surface area contributed by atoms with E-state index < -0.39 is 7.37 Å². The van der Waals surface area contributed by atoms with E-state index in [-0.39, 0.29) is 0 Å². The van der Waals surface area contributed by atoms with Crippen LogP contribution in [0.4, 0.5) is 0 Å². The van der Waals surface area contributed by atoms with E-state index in [0.717, 1.165) is 26.1 Å². The van der Waals surface area contributed by atoms with Crippen LogP contribution < -0.4 is 0 Å². The highest BCUT2D eigenvalue weighted by Gasteiger charge is 2.16. The third-order valence-corrected chi connectivity index (χ3v) is 3.93. The van der Waals surface area contributed by atoms with Gasteiger partial charge >= 0.3 is 0 Å². The Morgan fingerprint density at radius 2 is 2.27 bits per heavy atom. The third-order valence-electron chi connectivity index (χ3n) is 2.90. The van der Waals surface area contributed by atoms with Crippen molar-refractivity contribution < 1.29 is 9.46 Å². The summed E-state index contributed by atoms with van der Waals surface area (Å²) in [7, 11) is -2.83. The fourth-order valence-corrected chi connectivity index (χ4v) is 2.44. The molecule has 0 saturated carbocycles. The fraction of sp³-hybridized carbons (Fsp3) is 0.818. The predicted octanol–water partition coefficient (Wildman–Crippen LogP) is 2.17. The highest BCUT2D eigenvalue weighted by Crippen LogP contribution is 2.34. The normalized spacial score (nSPS) is 22.6. The molecule has 0 saturated heterocycles. The molecule has 3 nitrogen and oxygen atoms in total. The lowest BCUT2D eigenvalue weighted by Gasteiger charge is -2.27. The maximum atomic E-state index is 11.1. The van der Waals surface area contributed by atoms with Gasteiger partial charge in [0.15, 0.2) is 7.37 Å². The van der Waals surface area contributed by atoms with Crippen LogP contribution in [0.5, 0.6) is 0 Å². The van der Waals surface area contributed by atoms with E-state index in [0.29, 0.717) is 12.1 Å². The topological polar surface area (TPSA) is 40.5 Å². The zero-order valence-electron chi connectivity index (χ0n) is 9.94. The summed E-state index contributed by atoms with van der Waals surface area (Å²) in [5.74, 6) is 0.641. The zero-order chi connectivity index (χ0) is 11.5. The summed E-state index contributed by atoms with van der Waals surface area (Å²) in [6.45, 7) is 8.58. The Balaban J connectivity index is 2.35. The molecule has 1 aliphatic rings. The van der Waals surface area contributed by atoms with Gasteiger partial charge in [-0.05, 0) is 12.3 Å². The Morgan fingerprint density at radius 1 is 1.60 bits per heavy atom. The van der Waals surface area contributed by atoms with Crippen molar-refractivity contribution in [3.63, 3.8) is 0 Å². The molecule has 0 aromatic carbocycles. The predicted molar refractivity (Wildman–Crippen MR) is 64.6 cm³/mol. The number of nitrogens with zero attached hydrogens (tertiary/aromatic N) is 1. The molecule has 1 heterocycles. The molecule has 0 aliphatic carbocycles. The third kappa shape index (κ3) is 4.96. The van der Waals surface area contributed by atoms with Crippen LogP contribution in [-0.4, -0.2) is 42.3 Å². The van der Waals surface area contributed by atoms with Crippen LogP contribution in [-0.2, 0) is 4.57 Å². The molecule has 1 atom stereocenters. The Bertz CT molecular complexity index is 280. The van der Waals surface area contributed by atoms with Gasteiger partial charge in [-0.1, -0.05) is 25.5 Å². The van der Waals surface area contributed by atoms with Gasteiger partial charge in [0.05, 0.1) is 0 Å². The molecular formula is C11H22NO2P. The minimum absolute atomic E-state index is 0.415. The van der Waals surface area contributed by atoms with Gasteiger partial charge in [-0.15, -0.1) is 0 Å². The number of hydrogen-bond donors (Lipinski definition) is 1. The highest BCUT2D eigenvalue weighted by molar-refractivity contribution is 7.57. The fourth-order valence-electron chi connectivity index (χ4n) is 1.78. The van der Waals surface area contributed by atoms with E-state index in [1.807, 2.05) is 0 Å². The van der Waals surface area contributed by atoms with Crippen molar-refractivity contribution in [2.45, 2.75) is 20.3 Å². The van der Waals surface area contributed by atoms with E-state index in [4.69, 9.17) is 0 Å². The van der Waals surface area contributed by atoms with E-state index in [1.54, 1.807) is 0 Å². The second kappa shape index (κ2) is 5.29. The number of hydrogen-bond acceptors (Lipinski definition) is 2. The molecule has 0 bridgehead atoms. The lowest BCUT2D eigenvalue weighted by atomic mass is 9.97. The van der Waals surface area contributed by atoms with Crippen molar-refractivity contribution in [2.24, 2.45) is 5.92 Å². The second-order valence-electron chi connectivity index (χ2n) is 4.76. The van der Waals surface area contributed by atoms with Crippen LogP contribution in [0.2, 0.25) is 0 Å². The summed E-state index contributed by atoms with van der Waals surface area (Å²) in [6, 6.07) is 0. The molecule has 0 fully saturated rings. The molecule has 1 N–H and O–H groups in total. The molecule has 0 radical (unpaired) electrons.